The molecular formula is C26H31N5. The summed E-state index contributed by atoms with van der Waals surface area (Å²) in [5.74, 6) is 0.924. The Morgan fingerprint density at radius 1 is 1.06 bits per heavy atom. The second-order valence-electron chi connectivity index (χ2n) is 8.19. The van der Waals surface area contributed by atoms with Crippen LogP contribution in [0.2, 0.25) is 0 Å². The lowest BCUT2D eigenvalue weighted by atomic mass is 10.1. The maximum absolute atomic E-state index is 5.13. The molecule has 0 fully saturated rings. The zero-order valence-corrected chi connectivity index (χ0v) is 19.0. The molecule has 0 atom stereocenters. The van der Waals surface area contributed by atoms with E-state index >= 15 is 0 Å². The summed E-state index contributed by atoms with van der Waals surface area (Å²) in [5, 5.41) is 0. The van der Waals surface area contributed by atoms with Crippen molar-refractivity contribution in [3.8, 4) is 5.69 Å². The Hall–Kier alpha value is -3.18. The van der Waals surface area contributed by atoms with Crippen LogP contribution in [0.3, 0.4) is 0 Å². The molecule has 3 heterocycles. The third-order valence-corrected chi connectivity index (χ3v) is 5.80. The molecule has 0 aliphatic heterocycles. The van der Waals surface area contributed by atoms with Crippen LogP contribution in [0.1, 0.15) is 35.0 Å². The maximum Gasteiger partial charge on any atom is 0.221 e. The van der Waals surface area contributed by atoms with Crippen LogP contribution in [0.5, 0.6) is 0 Å². The van der Waals surface area contributed by atoms with Gasteiger partial charge in [-0.3, -0.25) is 13.9 Å². The largest absolute Gasteiger partial charge is 0.290 e. The van der Waals surface area contributed by atoms with E-state index in [-0.39, 0.29) is 0 Å². The summed E-state index contributed by atoms with van der Waals surface area (Å²) < 4.78 is 4.52. The first-order chi connectivity index (χ1) is 15.0. The van der Waals surface area contributed by atoms with Gasteiger partial charge in [0.1, 0.15) is 0 Å². The average Bonchev–Trinajstić information content (AvgIpc) is 3.23. The van der Waals surface area contributed by atoms with Crippen LogP contribution in [-0.2, 0) is 13.0 Å². The number of aromatic nitrogens is 4. The molecule has 0 N–H and O–H groups in total. The molecule has 3 aromatic heterocycles. The molecular weight excluding hydrogens is 382 g/mol. The van der Waals surface area contributed by atoms with E-state index < -0.39 is 0 Å². The van der Waals surface area contributed by atoms with Gasteiger partial charge < -0.3 is 0 Å². The number of nitrogens with zero attached hydrogens (tertiary/aromatic N) is 5. The molecule has 5 heteroatoms. The quantitative estimate of drug-likeness (QED) is 0.366. The second kappa shape index (κ2) is 8.52. The summed E-state index contributed by atoms with van der Waals surface area (Å²) in [7, 11) is 0. The molecule has 4 aromatic rings. The lowest BCUT2D eigenvalue weighted by molar-refractivity contribution is 0.322. The van der Waals surface area contributed by atoms with Gasteiger partial charge in [-0.25, -0.2) is 9.97 Å². The van der Waals surface area contributed by atoms with Crippen molar-refractivity contribution in [3.63, 3.8) is 0 Å². The molecule has 0 radical (unpaired) electrons. The topological polar surface area (TPSA) is 38.4 Å². The SMILES string of the molecule is C=CCN(CC=C)Cc1c(CC)nc2n(-c3c(C)cc(C)cc3C)c3ncccc3n12. The van der Waals surface area contributed by atoms with Crippen LogP contribution in [0.15, 0.2) is 55.8 Å². The smallest absolute Gasteiger partial charge is 0.221 e. The fraction of sp³-hybridized carbons (Fsp3) is 0.308. The Labute approximate surface area is 184 Å². The fourth-order valence-electron chi connectivity index (χ4n) is 4.67. The predicted octanol–water partition coefficient (Wildman–Crippen LogP) is 5.33. The Morgan fingerprint density at radius 3 is 2.35 bits per heavy atom. The van der Waals surface area contributed by atoms with Crippen LogP contribution in [0.4, 0.5) is 0 Å². The minimum Gasteiger partial charge on any atom is -0.290 e. The fourth-order valence-corrected chi connectivity index (χ4v) is 4.67. The molecule has 0 unspecified atom stereocenters. The van der Waals surface area contributed by atoms with Gasteiger partial charge >= 0.3 is 0 Å². The second-order valence-corrected chi connectivity index (χ2v) is 8.19. The van der Waals surface area contributed by atoms with Gasteiger partial charge in [0.15, 0.2) is 5.65 Å². The first-order valence-corrected chi connectivity index (χ1v) is 10.9. The number of benzene rings is 1. The summed E-state index contributed by atoms with van der Waals surface area (Å²) in [4.78, 5) is 12.2. The molecule has 4 rings (SSSR count). The van der Waals surface area contributed by atoms with Crippen LogP contribution < -0.4 is 0 Å². The zero-order valence-electron chi connectivity index (χ0n) is 19.0. The minimum absolute atomic E-state index is 0.780. The molecule has 31 heavy (non-hydrogen) atoms. The molecule has 0 aliphatic rings. The van der Waals surface area contributed by atoms with Crippen LogP contribution >= 0.6 is 0 Å². The number of pyridine rings is 1. The summed E-state index contributed by atoms with van der Waals surface area (Å²) in [5.41, 5.74) is 9.23. The lowest BCUT2D eigenvalue weighted by Crippen LogP contribution is -2.24. The normalized spacial score (nSPS) is 11.6. The maximum atomic E-state index is 5.13. The van der Waals surface area contributed by atoms with Gasteiger partial charge in [-0.2, -0.15) is 0 Å². The minimum atomic E-state index is 0.780. The van der Waals surface area contributed by atoms with Crippen LogP contribution in [0.25, 0.3) is 22.6 Å². The molecule has 0 spiro atoms. The number of hydrogen-bond acceptors (Lipinski definition) is 3. The van der Waals surface area contributed by atoms with Crippen molar-refractivity contribution in [2.24, 2.45) is 0 Å². The molecule has 0 saturated carbocycles. The van der Waals surface area contributed by atoms with Crippen molar-refractivity contribution in [2.75, 3.05) is 13.1 Å². The summed E-state index contributed by atoms with van der Waals surface area (Å²) in [6.07, 6.45) is 6.62. The third-order valence-electron chi connectivity index (χ3n) is 5.80. The van der Waals surface area contributed by atoms with E-state index in [0.29, 0.717) is 0 Å². The van der Waals surface area contributed by atoms with Gasteiger partial charge in [0, 0.05) is 25.8 Å². The molecule has 0 bridgehead atoms. The highest BCUT2D eigenvalue weighted by molar-refractivity contribution is 5.81. The number of imidazole rings is 2. The van der Waals surface area contributed by atoms with Gasteiger partial charge in [-0.05, 0) is 50.5 Å². The Balaban J connectivity index is 2.05. The van der Waals surface area contributed by atoms with E-state index in [2.05, 4.69) is 72.9 Å². The Morgan fingerprint density at radius 2 is 1.74 bits per heavy atom. The van der Waals surface area contributed by atoms with Crippen molar-refractivity contribution in [1.82, 2.24) is 23.8 Å². The van der Waals surface area contributed by atoms with E-state index in [1.807, 2.05) is 24.4 Å². The summed E-state index contributed by atoms with van der Waals surface area (Å²) >= 11 is 0. The first-order valence-electron chi connectivity index (χ1n) is 10.9. The highest BCUT2D eigenvalue weighted by Crippen LogP contribution is 2.31. The third kappa shape index (κ3) is 3.59. The molecule has 0 aliphatic carbocycles. The standard InChI is InChI=1S/C26H31N5/c1-7-13-29(14-8-2)17-23-21(9-3)28-26-30(23)22-11-10-12-27-25(22)31(26)24-19(5)15-18(4)16-20(24)6/h7-8,10-12,15-16H,1-2,9,13-14,17H2,3-6H3. The van der Waals surface area contributed by atoms with Crippen molar-refractivity contribution in [1.29, 1.82) is 0 Å². The predicted molar refractivity (Wildman–Crippen MR) is 129 cm³/mol. The van der Waals surface area contributed by atoms with Crippen molar-refractivity contribution < 1.29 is 0 Å². The molecule has 0 amide bonds. The van der Waals surface area contributed by atoms with E-state index in [1.165, 1.54) is 22.4 Å². The zero-order chi connectivity index (χ0) is 22.1. The van der Waals surface area contributed by atoms with Gasteiger partial charge in [-0.15, -0.1) is 13.2 Å². The van der Waals surface area contributed by atoms with E-state index in [9.17, 15) is 0 Å². The van der Waals surface area contributed by atoms with E-state index in [0.717, 1.165) is 54.4 Å². The molecule has 160 valence electrons. The number of aryl methyl sites for hydroxylation is 4. The van der Waals surface area contributed by atoms with E-state index in [1.54, 1.807) is 0 Å². The molecule has 0 saturated heterocycles. The molecule has 1 aromatic carbocycles. The van der Waals surface area contributed by atoms with Crippen molar-refractivity contribution in [2.45, 2.75) is 40.7 Å². The lowest BCUT2D eigenvalue weighted by Gasteiger charge is -2.19. The van der Waals surface area contributed by atoms with Gasteiger partial charge in [0.25, 0.3) is 0 Å². The van der Waals surface area contributed by atoms with Crippen LogP contribution in [0, 0.1) is 20.8 Å². The number of fused-ring (bicyclic) bond motifs is 3. The van der Waals surface area contributed by atoms with Gasteiger partial charge in [0.2, 0.25) is 5.78 Å². The molecule has 5 nitrogen and oxygen atoms in total. The Bertz CT molecular complexity index is 1240. The van der Waals surface area contributed by atoms with Crippen molar-refractivity contribution in [3.05, 3.63) is 83.9 Å². The highest BCUT2D eigenvalue weighted by Gasteiger charge is 2.23. The van der Waals surface area contributed by atoms with Crippen LogP contribution in [-0.4, -0.2) is 36.9 Å². The first kappa shape index (κ1) is 21.1. The number of rotatable bonds is 8. The average molecular weight is 414 g/mol. The van der Waals surface area contributed by atoms with E-state index in [4.69, 9.17) is 9.97 Å². The monoisotopic (exact) mass is 413 g/mol. The summed E-state index contributed by atoms with van der Waals surface area (Å²) in [6, 6.07) is 8.60. The number of hydrogen-bond donors (Lipinski definition) is 0. The Kier molecular flexibility index (Phi) is 5.79. The van der Waals surface area contributed by atoms with Gasteiger partial charge in [-0.1, -0.05) is 36.8 Å². The van der Waals surface area contributed by atoms with Crippen molar-refractivity contribution >= 4 is 16.9 Å². The summed E-state index contributed by atoms with van der Waals surface area (Å²) in [6.45, 7) is 18.9. The van der Waals surface area contributed by atoms with Gasteiger partial charge in [0.05, 0.1) is 22.6 Å². The highest BCUT2D eigenvalue weighted by atomic mass is 15.3.